The van der Waals surface area contributed by atoms with Crippen LogP contribution >= 0.6 is 27.3 Å². The van der Waals surface area contributed by atoms with Crippen molar-refractivity contribution in [3.8, 4) is 10.4 Å². The summed E-state index contributed by atoms with van der Waals surface area (Å²) in [7, 11) is 0. The fraction of sp³-hybridized carbons (Fsp3) is 0. The molecule has 0 unspecified atom stereocenters. The highest BCUT2D eigenvalue weighted by molar-refractivity contribution is 9.10. The van der Waals surface area contributed by atoms with E-state index in [0.29, 0.717) is 0 Å². The molecule has 0 aliphatic heterocycles. The van der Waals surface area contributed by atoms with Gasteiger partial charge in [0, 0.05) is 9.35 Å². The lowest BCUT2D eigenvalue weighted by Crippen LogP contribution is -1.76. The minimum Gasteiger partial charge on any atom is -0.144 e. The maximum Gasteiger partial charge on any atom is 0.0342 e. The standard InChI is InChI=1S/C14H9BrS/c15-13-6-5-10-8-12(4-3-11(10)9-13)14-2-1-7-16-14/h1-9H. The molecule has 0 fully saturated rings. The van der Waals surface area contributed by atoms with E-state index in [2.05, 4.69) is 69.8 Å². The Labute approximate surface area is 107 Å². The minimum absolute atomic E-state index is 1.13. The molecule has 0 radical (unpaired) electrons. The van der Waals surface area contributed by atoms with Gasteiger partial charge < -0.3 is 0 Å². The third-order valence-corrected chi connectivity index (χ3v) is 4.02. The molecule has 0 atom stereocenters. The van der Waals surface area contributed by atoms with Crippen molar-refractivity contribution in [3.05, 3.63) is 58.4 Å². The van der Waals surface area contributed by atoms with Gasteiger partial charge >= 0.3 is 0 Å². The highest BCUT2D eigenvalue weighted by Crippen LogP contribution is 2.29. The molecule has 16 heavy (non-hydrogen) atoms. The van der Waals surface area contributed by atoms with Gasteiger partial charge in [0.15, 0.2) is 0 Å². The van der Waals surface area contributed by atoms with Gasteiger partial charge in [-0.3, -0.25) is 0 Å². The monoisotopic (exact) mass is 288 g/mol. The molecular weight excluding hydrogens is 280 g/mol. The molecule has 1 aromatic heterocycles. The van der Waals surface area contributed by atoms with Gasteiger partial charge in [0.05, 0.1) is 0 Å². The maximum absolute atomic E-state index is 3.49. The van der Waals surface area contributed by atoms with Gasteiger partial charge in [0.25, 0.3) is 0 Å². The van der Waals surface area contributed by atoms with Crippen LogP contribution in [0.25, 0.3) is 21.2 Å². The molecule has 3 rings (SSSR count). The molecule has 1 heterocycles. The minimum atomic E-state index is 1.13. The molecule has 0 bridgehead atoms. The number of rotatable bonds is 1. The predicted octanol–water partition coefficient (Wildman–Crippen LogP) is 5.33. The first-order valence-corrected chi connectivity index (χ1v) is 6.73. The fourth-order valence-electron chi connectivity index (χ4n) is 1.81. The van der Waals surface area contributed by atoms with Crippen LogP contribution in [-0.4, -0.2) is 0 Å². The molecule has 0 saturated carbocycles. The maximum atomic E-state index is 3.49. The molecular formula is C14H9BrS. The van der Waals surface area contributed by atoms with Gasteiger partial charge in [0.1, 0.15) is 0 Å². The van der Waals surface area contributed by atoms with E-state index in [1.54, 1.807) is 11.3 Å². The summed E-state index contributed by atoms with van der Waals surface area (Å²) in [6, 6.07) is 17.2. The van der Waals surface area contributed by atoms with Crippen molar-refractivity contribution in [2.75, 3.05) is 0 Å². The number of thiophene rings is 1. The van der Waals surface area contributed by atoms with Gasteiger partial charge in [0.2, 0.25) is 0 Å². The second kappa shape index (κ2) is 4.04. The number of hydrogen-bond acceptors (Lipinski definition) is 1. The first-order chi connectivity index (χ1) is 7.83. The van der Waals surface area contributed by atoms with Crippen molar-refractivity contribution in [1.29, 1.82) is 0 Å². The lowest BCUT2D eigenvalue weighted by atomic mass is 10.1. The van der Waals surface area contributed by atoms with E-state index in [-0.39, 0.29) is 0 Å². The Morgan fingerprint density at radius 1 is 0.875 bits per heavy atom. The largest absolute Gasteiger partial charge is 0.144 e. The van der Waals surface area contributed by atoms with Crippen LogP contribution in [0.5, 0.6) is 0 Å². The van der Waals surface area contributed by atoms with E-state index < -0.39 is 0 Å². The molecule has 0 nitrogen and oxygen atoms in total. The fourth-order valence-corrected chi connectivity index (χ4v) is 2.92. The molecule has 0 saturated heterocycles. The summed E-state index contributed by atoms with van der Waals surface area (Å²) >= 11 is 5.27. The zero-order chi connectivity index (χ0) is 11.0. The number of fused-ring (bicyclic) bond motifs is 1. The van der Waals surface area contributed by atoms with E-state index >= 15 is 0 Å². The van der Waals surface area contributed by atoms with Crippen LogP contribution in [-0.2, 0) is 0 Å². The summed E-state index contributed by atoms with van der Waals surface area (Å²) in [6.07, 6.45) is 0. The number of benzene rings is 2. The summed E-state index contributed by atoms with van der Waals surface area (Å²) < 4.78 is 1.13. The van der Waals surface area contributed by atoms with Crippen molar-refractivity contribution in [2.45, 2.75) is 0 Å². The van der Waals surface area contributed by atoms with Crippen LogP contribution in [0.2, 0.25) is 0 Å². The van der Waals surface area contributed by atoms with Gasteiger partial charge in [-0.2, -0.15) is 0 Å². The lowest BCUT2D eigenvalue weighted by molar-refractivity contribution is 1.70. The van der Waals surface area contributed by atoms with Gasteiger partial charge in [-0.1, -0.05) is 40.2 Å². The second-order valence-electron chi connectivity index (χ2n) is 3.68. The summed E-state index contributed by atoms with van der Waals surface area (Å²) in [6.45, 7) is 0. The smallest absolute Gasteiger partial charge is 0.0342 e. The highest BCUT2D eigenvalue weighted by atomic mass is 79.9. The summed E-state index contributed by atoms with van der Waals surface area (Å²) in [5, 5.41) is 4.67. The first kappa shape index (κ1) is 10.1. The van der Waals surface area contributed by atoms with Crippen LogP contribution < -0.4 is 0 Å². The molecule has 2 heteroatoms. The Hall–Kier alpha value is -1.12. The highest BCUT2D eigenvalue weighted by Gasteiger charge is 2.00. The van der Waals surface area contributed by atoms with Crippen molar-refractivity contribution < 1.29 is 0 Å². The van der Waals surface area contributed by atoms with Crippen molar-refractivity contribution in [1.82, 2.24) is 0 Å². The van der Waals surface area contributed by atoms with Crippen LogP contribution in [0, 0.1) is 0 Å². The SMILES string of the molecule is Brc1ccc2cc(-c3cccs3)ccc2c1. The molecule has 0 aliphatic carbocycles. The van der Waals surface area contributed by atoms with Crippen molar-refractivity contribution >= 4 is 38.0 Å². The first-order valence-electron chi connectivity index (χ1n) is 5.06. The molecule has 2 aromatic carbocycles. The number of halogens is 1. The third kappa shape index (κ3) is 1.79. The second-order valence-corrected chi connectivity index (χ2v) is 5.55. The van der Waals surface area contributed by atoms with E-state index in [1.807, 2.05) is 0 Å². The Morgan fingerprint density at radius 2 is 1.69 bits per heavy atom. The molecule has 0 aliphatic rings. The number of hydrogen-bond donors (Lipinski definition) is 0. The van der Waals surface area contributed by atoms with E-state index in [0.717, 1.165) is 4.47 Å². The third-order valence-electron chi connectivity index (χ3n) is 2.61. The average molecular weight is 289 g/mol. The molecule has 0 N–H and O–H groups in total. The Bertz CT molecular complexity index is 626. The Balaban J connectivity index is 2.20. The van der Waals surface area contributed by atoms with E-state index in [1.165, 1.54) is 21.2 Å². The van der Waals surface area contributed by atoms with E-state index in [4.69, 9.17) is 0 Å². The average Bonchev–Trinajstić information content (AvgIpc) is 2.82. The molecule has 0 spiro atoms. The molecule has 0 amide bonds. The van der Waals surface area contributed by atoms with Crippen LogP contribution in [0.3, 0.4) is 0 Å². The Morgan fingerprint density at radius 3 is 2.50 bits per heavy atom. The zero-order valence-electron chi connectivity index (χ0n) is 8.48. The van der Waals surface area contributed by atoms with Crippen LogP contribution in [0.15, 0.2) is 58.4 Å². The molecule has 78 valence electrons. The predicted molar refractivity (Wildman–Crippen MR) is 75.0 cm³/mol. The van der Waals surface area contributed by atoms with Crippen molar-refractivity contribution in [2.24, 2.45) is 0 Å². The van der Waals surface area contributed by atoms with E-state index in [9.17, 15) is 0 Å². The topological polar surface area (TPSA) is 0 Å². The lowest BCUT2D eigenvalue weighted by Gasteiger charge is -2.02. The Kier molecular flexibility index (Phi) is 2.54. The van der Waals surface area contributed by atoms with Gasteiger partial charge in [-0.25, -0.2) is 0 Å². The quantitative estimate of drug-likeness (QED) is 0.568. The summed E-state index contributed by atoms with van der Waals surface area (Å²) in [5.74, 6) is 0. The normalized spacial score (nSPS) is 10.8. The van der Waals surface area contributed by atoms with Crippen LogP contribution in [0.4, 0.5) is 0 Å². The van der Waals surface area contributed by atoms with Gasteiger partial charge in [-0.05, 0) is 46.0 Å². The molecule has 3 aromatic rings. The zero-order valence-corrected chi connectivity index (χ0v) is 10.9. The van der Waals surface area contributed by atoms with Crippen molar-refractivity contribution in [3.63, 3.8) is 0 Å². The summed E-state index contributed by atoms with van der Waals surface area (Å²) in [5.41, 5.74) is 1.30. The summed E-state index contributed by atoms with van der Waals surface area (Å²) in [4.78, 5) is 1.32. The van der Waals surface area contributed by atoms with Crippen LogP contribution in [0.1, 0.15) is 0 Å². The van der Waals surface area contributed by atoms with Gasteiger partial charge in [-0.15, -0.1) is 11.3 Å².